The van der Waals surface area contributed by atoms with Gasteiger partial charge in [0.05, 0.1) is 0 Å². The maximum absolute atomic E-state index is 4.34. The molecule has 1 aliphatic rings. The number of likely N-dealkylation sites (tertiary alicyclic amines) is 1. The zero-order chi connectivity index (χ0) is 17.5. The predicted octanol–water partition coefficient (Wildman–Crippen LogP) is 2.67. The van der Waals surface area contributed by atoms with Crippen molar-refractivity contribution >= 4 is 16.9 Å². The maximum Gasteiger partial charge on any atom is 0.191 e. The van der Waals surface area contributed by atoms with Crippen LogP contribution in [0.2, 0.25) is 0 Å². The van der Waals surface area contributed by atoms with Crippen molar-refractivity contribution < 1.29 is 0 Å². The molecule has 5 nitrogen and oxygen atoms in total. The van der Waals surface area contributed by atoms with Gasteiger partial charge in [0.1, 0.15) is 0 Å². The highest BCUT2D eigenvalue weighted by molar-refractivity contribution is 5.84. The average Bonchev–Trinajstić information content (AvgIpc) is 2.97. The molecule has 3 N–H and O–H groups in total. The third kappa shape index (κ3) is 4.75. The van der Waals surface area contributed by atoms with Gasteiger partial charge in [-0.1, -0.05) is 24.6 Å². The standard InChI is InChI=1S/C20H31N5/c1-16-17(18-8-4-5-9-19(18)24-16)10-11-22-20(21-2)23-12-15-25-13-6-3-7-14-25/h4-5,8-9,24H,3,6-7,10-15H2,1-2H3,(H2,21,22,23). The fourth-order valence-corrected chi connectivity index (χ4v) is 3.70. The van der Waals surface area contributed by atoms with E-state index in [1.54, 1.807) is 0 Å². The minimum absolute atomic E-state index is 0.881. The number of aromatic amines is 1. The van der Waals surface area contributed by atoms with Gasteiger partial charge in [-0.25, -0.2) is 0 Å². The number of hydrogen-bond acceptors (Lipinski definition) is 2. The Kier molecular flexibility index (Phi) is 6.34. The third-order valence-electron chi connectivity index (χ3n) is 5.09. The lowest BCUT2D eigenvalue weighted by Crippen LogP contribution is -2.43. The van der Waals surface area contributed by atoms with Crippen LogP contribution in [0.3, 0.4) is 0 Å². The van der Waals surface area contributed by atoms with Crippen LogP contribution < -0.4 is 10.6 Å². The number of piperidine rings is 1. The Morgan fingerprint density at radius 3 is 2.68 bits per heavy atom. The first kappa shape index (κ1) is 17.8. The van der Waals surface area contributed by atoms with E-state index in [9.17, 15) is 0 Å². The molecular weight excluding hydrogens is 310 g/mol. The van der Waals surface area contributed by atoms with Crippen molar-refractivity contribution in [2.45, 2.75) is 32.6 Å². The molecule has 0 aliphatic carbocycles. The summed E-state index contributed by atoms with van der Waals surface area (Å²) in [6.45, 7) is 7.57. The van der Waals surface area contributed by atoms with E-state index in [0.29, 0.717) is 0 Å². The number of aromatic nitrogens is 1. The monoisotopic (exact) mass is 341 g/mol. The van der Waals surface area contributed by atoms with E-state index in [1.807, 2.05) is 7.05 Å². The van der Waals surface area contributed by atoms with E-state index in [1.165, 1.54) is 54.5 Å². The topological polar surface area (TPSA) is 55.5 Å². The number of rotatable bonds is 6. The number of para-hydroxylation sites is 1. The normalized spacial score (nSPS) is 16.3. The molecule has 0 radical (unpaired) electrons. The van der Waals surface area contributed by atoms with Gasteiger partial charge >= 0.3 is 0 Å². The van der Waals surface area contributed by atoms with Gasteiger partial charge in [-0.05, 0) is 50.9 Å². The lowest BCUT2D eigenvalue weighted by molar-refractivity contribution is 0.232. The minimum atomic E-state index is 0.881. The quantitative estimate of drug-likeness (QED) is 0.559. The second-order valence-electron chi connectivity index (χ2n) is 6.85. The maximum atomic E-state index is 4.34. The number of guanidine groups is 1. The van der Waals surface area contributed by atoms with E-state index in [-0.39, 0.29) is 0 Å². The van der Waals surface area contributed by atoms with Crippen LogP contribution in [0.4, 0.5) is 0 Å². The van der Waals surface area contributed by atoms with Crippen LogP contribution in [-0.2, 0) is 6.42 Å². The SMILES string of the molecule is CN=C(NCCc1c(C)[nH]c2ccccc12)NCCN1CCCCC1. The molecule has 25 heavy (non-hydrogen) atoms. The molecule has 0 amide bonds. The smallest absolute Gasteiger partial charge is 0.191 e. The van der Waals surface area contributed by atoms with Crippen LogP contribution in [0.5, 0.6) is 0 Å². The number of H-pyrrole nitrogens is 1. The number of fused-ring (bicyclic) bond motifs is 1. The molecule has 0 spiro atoms. The molecule has 0 unspecified atom stereocenters. The predicted molar refractivity (Wildman–Crippen MR) is 106 cm³/mol. The third-order valence-corrected chi connectivity index (χ3v) is 5.09. The van der Waals surface area contributed by atoms with Crippen molar-refractivity contribution in [3.05, 3.63) is 35.5 Å². The molecule has 1 aliphatic heterocycles. The number of aryl methyl sites for hydroxylation is 1. The number of nitrogens with one attached hydrogen (secondary N) is 3. The largest absolute Gasteiger partial charge is 0.358 e. The highest BCUT2D eigenvalue weighted by Gasteiger charge is 2.10. The molecule has 136 valence electrons. The average molecular weight is 342 g/mol. The Hall–Kier alpha value is -2.01. The van der Waals surface area contributed by atoms with Crippen molar-refractivity contribution in [2.75, 3.05) is 39.8 Å². The summed E-state index contributed by atoms with van der Waals surface area (Å²) in [5.41, 5.74) is 3.88. The first-order valence-electron chi connectivity index (χ1n) is 9.51. The molecular formula is C20H31N5. The molecule has 0 atom stereocenters. The summed E-state index contributed by atoms with van der Waals surface area (Å²) >= 11 is 0. The van der Waals surface area contributed by atoms with Gasteiger partial charge in [0, 0.05) is 43.3 Å². The molecule has 2 heterocycles. The summed E-state index contributed by atoms with van der Waals surface area (Å²) in [7, 11) is 1.84. The molecule has 1 aromatic carbocycles. The Labute approximate surface area is 150 Å². The van der Waals surface area contributed by atoms with Crippen LogP contribution in [0.15, 0.2) is 29.3 Å². The van der Waals surface area contributed by atoms with Gasteiger partial charge in [0.2, 0.25) is 0 Å². The summed E-state index contributed by atoms with van der Waals surface area (Å²) in [6.07, 6.45) is 5.07. The highest BCUT2D eigenvalue weighted by atomic mass is 15.2. The van der Waals surface area contributed by atoms with Crippen molar-refractivity contribution in [1.82, 2.24) is 20.5 Å². The van der Waals surface area contributed by atoms with Crippen molar-refractivity contribution in [3.63, 3.8) is 0 Å². The molecule has 0 bridgehead atoms. The van der Waals surface area contributed by atoms with E-state index >= 15 is 0 Å². The van der Waals surface area contributed by atoms with E-state index < -0.39 is 0 Å². The van der Waals surface area contributed by atoms with Crippen LogP contribution in [-0.4, -0.2) is 55.6 Å². The first-order valence-corrected chi connectivity index (χ1v) is 9.51. The minimum Gasteiger partial charge on any atom is -0.358 e. The van der Waals surface area contributed by atoms with Crippen molar-refractivity contribution in [3.8, 4) is 0 Å². The van der Waals surface area contributed by atoms with Crippen molar-refractivity contribution in [1.29, 1.82) is 0 Å². The highest BCUT2D eigenvalue weighted by Crippen LogP contribution is 2.21. The molecule has 2 aromatic rings. The summed E-state index contributed by atoms with van der Waals surface area (Å²) in [6, 6.07) is 8.52. The van der Waals surface area contributed by atoms with Gasteiger partial charge in [0.25, 0.3) is 0 Å². The van der Waals surface area contributed by atoms with Crippen LogP contribution in [0, 0.1) is 6.92 Å². The molecule has 1 aromatic heterocycles. The molecule has 0 saturated carbocycles. The Morgan fingerprint density at radius 2 is 1.88 bits per heavy atom. The number of benzene rings is 1. The fourth-order valence-electron chi connectivity index (χ4n) is 3.70. The molecule has 1 saturated heterocycles. The summed E-state index contributed by atoms with van der Waals surface area (Å²) in [5.74, 6) is 0.898. The van der Waals surface area contributed by atoms with Crippen LogP contribution in [0.1, 0.15) is 30.5 Å². The second kappa shape index (κ2) is 8.90. The Bertz CT molecular complexity index is 697. The summed E-state index contributed by atoms with van der Waals surface area (Å²) in [4.78, 5) is 10.4. The lowest BCUT2D eigenvalue weighted by atomic mass is 10.1. The number of hydrogen-bond donors (Lipinski definition) is 3. The molecule has 1 fully saturated rings. The van der Waals surface area contributed by atoms with E-state index in [2.05, 4.69) is 56.7 Å². The van der Waals surface area contributed by atoms with Crippen molar-refractivity contribution in [2.24, 2.45) is 4.99 Å². The van der Waals surface area contributed by atoms with E-state index in [0.717, 1.165) is 32.0 Å². The van der Waals surface area contributed by atoms with Gasteiger partial charge in [-0.2, -0.15) is 0 Å². The number of nitrogens with zero attached hydrogens (tertiary/aromatic N) is 2. The van der Waals surface area contributed by atoms with Gasteiger partial charge in [-0.3, -0.25) is 4.99 Å². The van der Waals surface area contributed by atoms with Crippen LogP contribution >= 0.6 is 0 Å². The van der Waals surface area contributed by atoms with E-state index in [4.69, 9.17) is 0 Å². The first-order chi connectivity index (χ1) is 12.3. The fraction of sp³-hybridized carbons (Fsp3) is 0.550. The zero-order valence-electron chi connectivity index (χ0n) is 15.6. The summed E-state index contributed by atoms with van der Waals surface area (Å²) < 4.78 is 0. The van der Waals surface area contributed by atoms with Gasteiger partial charge < -0.3 is 20.5 Å². The van der Waals surface area contributed by atoms with Gasteiger partial charge in [-0.15, -0.1) is 0 Å². The zero-order valence-corrected chi connectivity index (χ0v) is 15.6. The second-order valence-corrected chi connectivity index (χ2v) is 6.85. The van der Waals surface area contributed by atoms with Crippen LogP contribution in [0.25, 0.3) is 10.9 Å². The van der Waals surface area contributed by atoms with Gasteiger partial charge in [0.15, 0.2) is 5.96 Å². The number of aliphatic imine (C=N–C) groups is 1. The Balaban J connectivity index is 1.44. The molecule has 5 heteroatoms. The lowest BCUT2D eigenvalue weighted by Gasteiger charge is -2.26. The summed E-state index contributed by atoms with van der Waals surface area (Å²) in [5, 5.41) is 8.21. The Morgan fingerprint density at radius 1 is 1.12 bits per heavy atom. The molecule has 3 rings (SSSR count).